The van der Waals surface area contributed by atoms with E-state index >= 15 is 0 Å². The maximum Gasteiger partial charge on any atom is 0.00670 e. The molecule has 0 saturated heterocycles. The molecule has 0 unspecified atom stereocenters. The zero-order valence-corrected chi connectivity index (χ0v) is 11.1. The lowest BCUT2D eigenvalue weighted by Gasteiger charge is -2.15. The molecule has 1 aliphatic carbocycles. The SMILES string of the molecule is CSCCCCCNC1CCCCCC1. The second kappa shape index (κ2) is 9.53. The summed E-state index contributed by atoms with van der Waals surface area (Å²) in [6, 6.07) is 0.841. The second-order valence-electron chi connectivity index (χ2n) is 4.70. The molecule has 0 radical (unpaired) electrons. The van der Waals surface area contributed by atoms with E-state index in [0.29, 0.717) is 0 Å². The second-order valence-corrected chi connectivity index (χ2v) is 5.68. The quantitative estimate of drug-likeness (QED) is 0.526. The zero-order chi connectivity index (χ0) is 10.8. The molecule has 0 aliphatic heterocycles. The first-order valence-electron chi connectivity index (χ1n) is 6.66. The van der Waals surface area contributed by atoms with Gasteiger partial charge in [-0.3, -0.25) is 0 Å². The van der Waals surface area contributed by atoms with E-state index in [-0.39, 0.29) is 0 Å². The summed E-state index contributed by atoms with van der Waals surface area (Å²) in [4.78, 5) is 0. The molecule has 0 aromatic carbocycles. The van der Waals surface area contributed by atoms with Crippen LogP contribution in [-0.4, -0.2) is 24.6 Å². The number of rotatable bonds is 7. The van der Waals surface area contributed by atoms with Crippen LogP contribution in [0.2, 0.25) is 0 Å². The van der Waals surface area contributed by atoms with E-state index in [4.69, 9.17) is 0 Å². The van der Waals surface area contributed by atoms with Gasteiger partial charge in [0.1, 0.15) is 0 Å². The number of hydrogen-bond acceptors (Lipinski definition) is 2. The summed E-state index contributed by atoms with van der Waals surface area (Å²) in [5.41, 5.74) is 0. The number of hydrogen-bond donors (Lipinski definition) is 1. The molecule has 1 rings (SSSR count). The average molecular weight is 229 g/mol. The summed E-state index contributed by atoms with van der Waals surface area (Å²) in [6.45, 7) is 1.25. The highest BCUT2D eigenvalue weighted by Gasteiger charge is 2.10. The highest BCUT2D eigenvalue weighted by atomic mass is 32.2. The van der Waals surface area contributed by atoms with Gasteiger partial charge in [-0.1, -0.05) is 32.1 Å². The lowest BCUT2D eigenvalue weighted by atomic mass is 10.1. The van der Waals surface area contributed by atoms with E-state index in [9.17, 15) is 0 Å². The van der Waals surface area contributed by atoms with Crippen LogP contribution in [-0.2, 0) is 0 Å². The zero-order valence-electron chi connectivity index (χ0n) is 10.3. The molecule has 0 aromatic rings. The topological polar surface area (TPSA) is 12.0 Å². The van der Waals surface area contributed by atoms with Crippen molar-refractivity contribution in [3.05, 3.63) is 0 Å². The largest absolute Gasteiger partial charge is 0.314 e. The molecule has 1 aliphatic rings. The van der Waals surface area contributed by atoms with E-state index in [0.717, 1.165) is 6.04 Å². The van der Waals surface area contributed by atoms with E-state index in [1.807, 2.05) is 11.8 Å². The van der Waals surface area contributed by atoms with Gasteiger partial charge in [0.2, 0.25) is 0 Å². The minimum absolute atomic E-state index is 0.841. The van der Waals surface area contributed by atoms with Gasteiger partial charge in [-0.25, -0.2) is 0 Å². The first kappa shape index (κ1) is 13.4. The van der Waals surface area contributed by atoms with Crippen molar-refractivity contribution in [1.82, 2.24) is 5.32 Å². The molecular weight excluding hydrogens is 202 g/mol. The van der Waals surface area contributed by atoms with Crippen molar-refractivity contribution in [3.8, 4) is 0 Å². The van der Waals surface area contributed by atoms with Crippen LogP contribution in [0.5, 0.6) is 0 Å². The van der Waals surface area contributed by atoms with Gasteiger partial charge in [-0.15, -0.1) is 0 Å². The molecular formula is C13H27NS. The lowest BCUT2D eigenvalue weighted by molar-refractivity contribution is 0.451. The Morgan fingerprint density at radius 2 is 1.73 bits per heavy atom. The molecule has 0 aromatic heterocycles. The normalized spacial score (nSPS) is 19.0. The van der Waals surface area contributed by atoms with Gasteiger partial charge in [0.05, 0.1) is 0 Å². The van der Waals surface area contributed by atoms with Crippen molar-refractivity contribution in [3.63, 3.8) is 0 Å². The Hall–Kier alpha value is 0.310. The van der Waals surface area contributed by atoms with Gasteiger partial charge >= 0.3 is 0 Å². The van der Waals surface area contributed by atoms with E-state index in [2.05, 4.69) is 11.6 Å². The third-order valence-electron chi connectivity index (χ3n) is 3.31. The maximum absolute atomic E-state index is 3.73. The van der Waals surface area contributed by atoms with E-state index in [1.54, 1.807) is 0 Å². The van der Waals surface area contributed by atoms with Gasteiger partial charge in [-0.05, 0) is 44.2 Å². The van der Waals surface area contributed by atoms with Gasteiger partial charge in [0, 0.05) is 6.04 Å². The fraction of sp³-hybridized carbons (Fsp3) is 1.00. The molecule has 0 atom stereocenters. The molecule has 0 bridgehead atoms. The monoisotopic (exact) mass is 229 g/mol. The third-order valence-corrected chi connectivity index (χ3v) is 4.01. The molecule has 1 fully saturated rings. The van der Waals surface area contributed by atoms with Crippen LogP contribution in [0, 0.1) is 0 Å². The van der Waals surface area contributed by atoms with Crippen LogP contribution < -0.4 is 5.32 Å². The molecule has 0 heterocycles. The summed E-state index contributed by atoms with van der Waals surface area (Å²) in [5.74, 6) is 1.34. The van der Waals surface area contributed by atoms with Crippen LogP contribution in [0.3, 0.4) is 0 Å². The Kier molecular flexibility index (Phi) is 8.50. The fourth-order valence-electron chi connectivity index (χ4n) is 2.34. The Morgan fingerprint density at radius 3 is 2.40 bits per heavy atom. The highest BCUT2D eigenvalue weighted by Crippen LogP contribution is 2.17. The van der Waals surface area contributed by atoms with Crippen molar-refractivity contribution in [2.24, 2.45) is 0 Å². The highest BCUT2D eigenvalue weighted by molar-refractivity contribution is 7.98. The molecule has 90 valence electrons. The van der Waals surface area contributed by atoms with Crippen molar-refractivity contribution >= 4 is 11.8 Å². The summed E-state index contributed by atoms with van der Waals surface area (Å²) < 4.78 is 0. The summed E-state index contributed by atoms with van der Waals surface area (Å²) >= 11 is 1.97. The predicted octanol–water partition coefficient (Wildman–Crippen LogP) is 3.83. The van der Waals surface area contributed by atoms with Crippen LogP contribution in [0.4, 0.5) is 0 Å². The molecule has 15 heavy (non-hydrogen) atoms. The maximum atomic E-state index is 3.73. The molecule has 0 amide bonds. The number of thioether (sulfide) groups is 1. The fourth-order valence-corrected chi connectivity index (χ4v) is 2.83. The Bertz CT molecular complexity index is 130. The molecule has 2 heteroatoms. The minimum Gasteiger partial charge on any atom is -0.314 e. The molecule has 1 saturated carbocycles. The smallest absolute Gasteiger partial charge is 0.00670 e. The van der Waals surface area contributed by atoms with E-state index < -0.39 is 0 Å². The first-order chi connectivity index (χ1) is 7.43. The lowest BCUT2D eigenvalue weighted by Crippen LogP contribution is -2.29. The Labute approximate surface area is 99.8 Å². The van der Waals surface area contributed by atoms with Crippen LogP contribution in [0.25, 0.3) is 0 Å². The average Bonchev–Trinajstić information content (AvgIpc) is 2.52. The predicted molar refractivity (Wildman–Crippen MR) is 71.7 cm³/mol. The molecule has 1 N–H and O–H groups in total. The van der Waals surface area contributed by atoms with Crippen molar-refractivity contribution < 1.29 is 0 Å². The van der Waals surface area contributed by atoms with Crippen molar-refractivity contribution in [2.75, 3.05) is 18.6 Å². The summed E-state index contributed by atoms with van der Waals surface area (Å²) in [7, 11) is 0. The minimum atomic E-state index is 0.841. The molecule has 1 nitrogen and oxygen atoms in total. The molecule has 0 spiro atoms. The van der Waals surface area contributed by atoms with E-state index in [1.165, 1.54) is 70.1 Å². The van der Waals surface area contributed by atoms with Gasteiger partial charge in [0.25, 0.3) is 0 Å². The van der Waals surface area contributed by atoms with Gasteiger partial charge < -0.3 is 5.32 Å². The third kappa shape index (κ3) is 7.24. The Balaban J connectivity index is 1.89. The van der Waals surface area contributed by atoms with Gasteiger partial charge in [-0.2, -0.15) is 11.8 Å². The standard InChI is InChI=1S/C13H27NS/c1-15-12-8-4-7-11-14-13-9-5-2-3-6-10-13/h13-14H,2-12H2,1H3. The number of unbranched alkanes of at least 4 members (excludes halogenated alkanes) is 2. The van der Waals surface area contributed by atoms with Crippen molar-refractivity contribution in [1.29, 1.82) is 0 Å². The summed E-state index contributed by atoms with van der Waals surface area (Å²) in [5, 5.41) is 3.73. The Morgan fingerprint density at radius 1 is 1.00 bits per heavy atom. The summed E-state index contributed by atoms with van der Waals surface area (Å²) in [6.07, 6.45) is 15.0. The van der Waals surface area contributed by atoms with Crippen LogP contribution >= 0.6 is 11.8 Å². The number of nitrogens with one attached hydrogen (secondary N) is 1. The van der Waals surface area contributed by atoms with Crippen LogP contribution in [0.15, 0.2) is 0 Å². The first-order valence-corrected chi connectivity index (χ1v) is 8.05. The van der Waals surface area contributed by atoms with Crippen LogP contribution in [0.1, 0.15) is 57.8 Å². The van der Waals surface area contributed by atoms with Gasteiger partial charge in [0.15, 0.2) is 0 Å². The van der Waals surface area contributed by atoms with Crippen molar-refractivity contribution in [2.45, 2.75) is 63.8 Å².